The van der Waals surface area contributed by atoms with Crippen molar-refractivity contribution < 1.29 is 33.9 Å². The van der Waals surface area contributed by atoms with Gasteiger partial charge in [-0.1, -0.05) is 36.1 Å². The predicted octanol–water partition coefficient (Wildman–Crippen LogP) is 5.12. The van der Waals surface area contributed by atoms with Crippen LogP contribution in [0.25, 0.3) is 5.76 Å². The molecule has 2 heterocycles. The highest BCUT2D eigenvalue weighted by Crippen LogP contribution is 2.44. The Bertz CT molecular complexity index is 1540. The molecule has 1 unspecified atom stereocenters. The maximum atomic E-state index is 13.4. The summed E-state index contributed by atoms with van der Waals surface area (Å²) in [4.78, 5) is 55.7. The van der Waals surface area contributed by atoms with Gasteiger partial charge in [-0.2, -0.15) is 0 Å². The normalized spacial score (nSPS) is 16.3. The van der Waals surface area contributed by atoms with E-state index in [1.165, 1.54) is 42.5 Å². The monoisotopic (exact) mass is 563 g/mol. The average molecular weight is 564 g/mol. The number of non-ortho nitro benzene ring substituents is 1. The molecule has 1 atom stereocenters. The lowest BCUT2D eigenvalue weighted by atomic mass is 9.95. The standard InChI is InChI=1S/C28H25N3O8S/c1-5-13-38-27(35)25-16(4)29-28(40-25)30-22(18-7-6-8-19(14-18)31(36)37)21(24(33)26(30)34)23(32)17-9-11-20(12-10-17)39-15(2)3/h5-12,14-15,22,32H,1,13H2,2-4H3/b23-21+. The first-order valence-electron chi connectivity index (χ1n) is 12.1. The van der Waals surface area contributed by atoms with Crippen molar-refractivity contribution in [2.75, 3.05) is 11.5 Å². The van der Waals surface area contributed by atoms with E-state index in [0.717, 1.165) is 16.2 Å². The molecular weight excluding hydrogens is 538 g/mol. The molecule has 1 saturated heterocycles. The number of Topliss-reactive ketones (excluding diaryl/α,β-unsaturated/α-hetero) is 1. The molecule has 206 valence electrons. The first-order chi connectivity index (χ1) is 19.0. The number of nitro benzene ring substituents is 1. The number of aliphatic hydroxyl groups excluding tert-OH is 1. The zero-order valence-corrected chi connectivity index (χ0v) is 22.6. The van der Waals surface area contributed by atoms with Crippen LogP contribution in [-0.4, -0.2) is 45.4 Å². The van der Waals surface area contributed by atoms with E-state index in [2.05, 4.69) is 11.6 Å². The average Bonchev–Trinajstić information content (AvgIpc) is 3.43. The summed E-state index contributed by atoms with van der Waals surface area (Å²) >= 11 is 0.825. The highest BCUT2D eigenvalue weighted by atomic mass is 32.1. The molecule has 0 saturated carbocycles. The van der Waals surface area contributed by atoms with Crippen LogP contribution < -0.4 is 9.64 Å². The van der Waals surface area contributed by atoms with Crippen LogP contribution in [0.4, 0.5) is 10.8 Å². The molecular formula is C28H25N3O8S. The number of rotatable bonds is 9. The number of hydrogen-bond donors (Lipinski definition) is 1. The molecule has 1 N–H and O–H groups in total. The van der Waals surface area contributed by atoms with E-state index in [0.29, 0.717) is 5.75 Å². The fourth-order valence-electron chi connectivity index (χ4n) is 4.15. The van der Waals surface area contributed by atoms with Gasteiger partial charge >= 0.3 is 11.9 Å². The minimum atomic E-state index is -1.27. The van der Waals surface area contributed by atoms with Crippen LogP contribution in [0.5, 0.6) is 5.75 Å². The van der Waals surface area contributed by atoms with Crippen molar-refractivity contribution in [3.8, 4) is 5.75 Å². The minimum Gasteiger partial charge on any atom is -0.507 e. The van der Waals surface area contributed by atoms with E-state index in [-0.39, 0.29) is 50.8 Å². The molecule has 0 spiro atoms. The van der Waals surface area contributed by atoms with Crippen molar-refractivity contribution in [3.63, 3.8) is 0 Å². The molecule has 0 radical (unpaired) electrons. The second kappa shape index (κ2) is 11.5. The van der Waals surface area contributed by atoms with Gasteiger partial charge in [0, 0.05) is 17.7 Å². The van der Waals surface area contributed by atoms with Crippen molar-refractivity contribution in [1.82, 2.24) is 4.98 Å². The van der Waals surface area contributed by atoms with Crippen LogP contribution in [0.2, 0.25) is 0 Å². The van der Waals surface area contributed by atoms with E-state index in [1.54, 1.807) is 19.1 Å². The second-order valence-corrected chi connectivity index (χ2v) is 9.99. The fraction of sp³-hybridized carbons (Fsp3) is 0.214. The Hall–Kier alpha value is -4.84. The zero-order valence-electron chi connectivity index (χ0n) is 21.8. The summed E-state index contributed by atoms with van der Waals surface area (Å²) in [5.74, 6) is -2.66. The highest BCUT2D eigenvalue weighted by molar-refractivity contribution is 7.17. The van der Waals surface area contributed by atoms with E-state index in [1.807, 2.05) is 13.8 Å². The van der Waals surface area contributed by atoms with Crippen LogP contribution >= 0.6 is 11.3 Å². The molecule has 1 aromatic heterocycles. The van der Waals surface area contributed by atoms with Gasteiger partial charge < -0.3 is 14.6 Å². The smallest absolute Gasteiger partial charge is 0.350 e. The number of nitrogens with zero attached hydrogens (tertiary/aromatic N) is 3. The number of thiazole rings is 1. The molecule has 0 aliphatic carbocycles. The third-order valence-electron chi connectivity index (χ3n) is 5.85. The van der Waals surface area contributed by atoms with Crippen LogP contribution in [0.1, 0.15) is 46.4 Å². The Labute approximate surface area is 233 Å². The molecule has 0 bridgehead atoms. The molecule has 1 aliphatic rings. The second-order valence-electron chi connectivity index (χ2n) is 9.01. The summed E-state index contributed by atoms with van der Waals surface area (Å²) in [6.07, 6.45) is 1.32. The third kappa shape index (κ3) is 5.47. The minimum absolute atomic E-state index is 0.0126. The topological polar surface area (TPSA) is 149 Å². The summed E-state index contributed by atoms with van der Waals surface area (Å²) < 4.78 is 10.7. The number of nitro groups is 1. The lowest BCUT2D eigenvalue weighted by molar-refractivity contribution is -0.384. The van der Waals surface area contributed by atoms with Gasteiger partial charge in [0.05, 0.1) is 28.3 Å². The molecule has 3 aromatic rings. The number of carbonyl (C=O) groups is 3. The Balaban J connectivity index is 1.88. The van der Waals surface area contributed by atoms with E-state index in [9.17, 15) is 29.6 Å². The van der Waals surface area contributed by atoms with Crippen LogP contribution in [-0.2, 0) is 14.3 Å². The van der Waals surface area contributed by atoms with Crippen LogP contribution in [0, 0.1) is 17.0 Å². The first kappa shape index (κ1) is 28.2. The molecule has 2 aromatic carbocycles. The number of aliphatic hydroxyl groups is 1. The maximum absolute atomic E-state index is 13.4. The van der Waals surface area contributed by atoms with Gasteiger partial charge in [0.15, 0.2) is 5.13 Å². The van der Waals surface area contributed by atoms with Crippen LogP contribution in [0.15, 0.2) is 66.8 Å². The zero-order chi connectivity index (χ0) is 29.1. The number of ketones is 1. The van der Waals surface area contributed by atoms with Gasteiger partial charge in [-0.25, -0.2) is 9.78 Å². The molecule has 1 fully saturated rings. The van der Waals surface area contributed by atoms with Crippen molar-refractivity contribution >= 4 is 45.6 Å². The third-order valence-corrected chi connectivity index (χ3v) is 6.99. The largest absolute Gasteiger partial charge is 0.507 e. The molecule has 1 aliphatic heterocycles. The Morgan fingerprint density at radius 1 is 1.25 bits per heavy atom. The van der Waals surface area contributed by atoms with Crippen molar-refractivity contribution in [2.45, 2.75) is 32.9 Å². The first-order valence-corrected chi connectivity index (χ1v) is 12.9. The molecule has 40 heavy (non-hydrogen) atoms. The number of amides is 1. The van der Waals surface area contributed by atoms with Crippen LogP contribution in [0.3, 0.4) is 0 Å². The van der Waals surface area contributed by atoms with Gasteiger partial charge in [-0.15, -0.1) is 0 Å². The number of esters is 1. The number of aromatic nitrogens is 1. The Morgan fingerprint density at radius 2 is 1.95 bits per heavy atom. The maximum Gasteiger partial charge on any atom is 0.350 e. The van der Waals surface area contributed by atoms with E-state index < -0.39 is 34.4 Å². The summed E-state index contributed by atoms with van der Waals surface area (Å²) in [6.45, 7) is 8.73. The lowest BCUT2D eigenvalue weighted by Crippen LogP contribution is -2.29. The van der Waals surface area contributed by atoms with Gasteiger partial charge in [-0.3, -0.25) is 24.6 Å². The fourth-order valence-corrected chi connectivity index (χ4v) is 5.13. The quantitative estimate of drug-likeness (QED) is 0.0712. The lowest BCUT2D eigenvalue weighted by Gasteiger charge is -2.23. The summed E-state index contributed by atoms with van der Waals surface area (Å²) in [6, 6.07) is 10.4. The summed E-state index contributed by atoms with van der Waals surface area (Å²) in [5, 5.41) is 22.8. The number of benzene rings is 2. The number of ether oxygens (including phenoxy) is 2. The highest BCUT2D eigenvalue weighted by Gasteiger charge is 2.48. The Morgan fingerprint density at radius 3 is 2.58 bits per heavy atom. The molecule has 11 nitrogen and oxygen atoms in total. The predicted molar refractivity (Wildman–Crippen MR) is 147 cm³/mol. The van der Waals surface area contributed by atoms with Gasteiger partial charge in [0.25, 0.3) is 11.5 Å². The van der Waals surface area contributed by atoms with E-state index in [4.69, 9.17) is 9.47 Å². The van der Waals surface area contributed by atoms with Crippen molar-refractivity contribution in [2.24, 2.45) is 0 Å². The number of carbonyl (C=O) groups excluding carboxylic acids is 3. The van der Waals surface area contributed by atoms with Gasteiger partial charge in [-0.05, 0) is 50.6 Å². The van der Waals surface area contributed by atoms with E-state index >= 15 is 0 Å². The summed E-state index contributed by atoms with van der Waals surface area (Å²) in [5.41, 5.74) is 0.121. The molecule has 1 amide bonds. The SMILES string of the molecule is C=CCOC(=O)c1sc(N2C(=O)C(=O)/C(=C(/O)c3ccc(OC(C)C)cc3)C2c2cccc([N+](=O)[O-])c2)nc1C. The number of aryl methyl sites for hydroxylation is 1. The van der Waals surface area contributed by atoms with Crippen molar-refractivity contribution in [1.29, 1.82) is 0 Å². The number of hydrogen-bond acceptors (Lipinski definition) is 10. The summed E-state index contributed by atoms with van der Waals surface area (Å²) in [7, 11) is 0. The Kier molecular flexibility index (Phi) is 8.10. The van der Waals surface area contributed by atoms with Gasteiger partial charge in [0.1, 0.15) is 23.0 Å². The van der Waals surface area contributed by atoms with Crippen molar-refractivity contribution in [3.05, 3.63) is 98.6 Å². The molecule has 12 heteroatoms. The molecule has 4 rings (SSSR count). The number of anilines is 1. The van der Waals surface area contributed by atoms with Gasteiger partial charge in [0.2, 0.25) is 0 Å².